The van der Waals surface area contributed by atoms with Gasteiger partial charge in [0.2, 0.25) is 0 Å². The molecule has 148 valence electrons. The van der Waals surface area contributed by atoms with Crippen LogP contribution in [0.2, 0.25) is 0 Å². The maximum atomic E-state index is 11.7. The van der Waals surface area contributed by atoms with Crippen LogP contribution >= 0.6 is 0 Å². The minimum atomic E-state index is 0.826. The number of hydrogen-bond donors (Lipinski definition) is 0. The van der Waals surface area contributed by atoms with Gasteiger partial charge in [-0.2, -0.15) is 0 Å². The minimum absolute atomic E-state index is 0.826. The third kappa shape index (κ3) is 7.39. The fraction of sp³-hybridized carbons (Fsp3) is 0.696. The van der Waals surface area contributed by atoms with Crippen molar-refractivity contribution in [3.05, 3.63) is 23.8 Å². The maximum absolute atomic E-state index is 11.7. The van der Waals surface area contributed by atoms with Crippen LogP contribution in [-0.4, -0.2) is 32.5 Å². The maximum Gasteiger partial charge on any atom is 0.152 e. The van der Waals surface area contributed by atoms with Gasteiger partial charge in [0, 0.05) is 43.1 Å². The second kappa shape index (κ2) is 13.7. The highest BCUT2D eigenvalue weighted by Gasteiger charge is 2.14. The SMILES string of the molecule is CCCCN(CCCC)c1ccc(C=O)c(N(CCCC)CCCC)c1. The molecule has 0 heterocycles. The number of carbonyl (C=O) groups excluding carboxylic acids is 1. The van der Waals surface area contributed by atoms with Crippen LogP contribution in [0.1, 0.15) is 89.4 Å². The molecule has 0 atom stereocenters. The van der Waals surface area contributed by atoms with E-state index < -0.39 is 0 Å². The van der Waals surface area contributed by atoms with E-state index in [4.69, 9.17) is 0 Å². The first-order chi connectivity index (χ1) is 12.7. The van der Waals surface area contributed by atoms with E-state index in [-0.39, 0.29) is 0 Å². The zero-order chi connectivity index (χ0) is 19.2. The molecule has 0 N–H and O–H groups in total. The molecule has 26 heavy (non-hydrogen) atoms. The molecule has 0 fully saturated rings. The molecule has 0 bridgehead atoms. The Bertz CT molecular complexity index is 485. The predicted octanol–water partition coefficient (Wildman–Crippen LogP) is 6.31. The van der Waals surface area contributed by atoms with E-state index in [1.54, 1.807) is 0 Å². The summed E-state index contributed by atoms with van der Waals surface area (Å²) in [6.45, 7) is 13.2. The fourth-order valence-corrected chi connectivity index (χ4v) is 3.22. The first-order valence-electron chi connectivity index (χ1n) is 10.8. The molecule has 0 aromatic heterocycles. The number of anilines is 2. The summed E-state index contributed by atoms with van der Waals surface area (Å²) in [5.41, 5.74) is 3.22. The normalized spacial score (nSPS) is 10.8. The summed E-state index contributed by atoms with van der Waals surface area (Å²) < 4.78 is 0. The average molecular weight is 361 g/mol. The van der Waals surface area contributed by atoms with Crippen molar-refractivity contribution >= 4 is 17.7 Å². The van der Waals surface area contributed by atoms with Crippen LogP contribution in [0.15, 0.2) is 18.2 Å². The summed E-state index contributed by atoms with van der Waals surface area (Å²) in [5, 5.41) is 0. The summed E-state index contributed by atoms with van der Waals surface area (Å²) in [6, 6.07) is 6.42. The molecule has 0 spiro atoms. The number of carbonyl (C=O) groups is 1. The molecule has 0 amide bonds. The molecule has 0 aliphatic carbocycles. The second-order valence-electron chi connectivity index (χ2n) is 7.25. The predicted molar refractivity (Wildman–Crippen MR) is 116 cm³/mol. The molecule has 0 unspecified atom stereocenters. The molecule has 1 aromatic rings. The number of aldehydes is 1. The highest BCUT2D eigenvalue weighted by Crippen LogP contribution is 2.28. The van der Waals surface area contributed by atoms with Crippen molar-refractivity contribution in [1.82, 2.24) is 0 Å². The zero-order valence-corrected chi connectivity index (χ0v) is 17.6. The third-order valence-electron chi connectivity index (χ3n) is 4.97. The van der Waals surface area contributed by atoms with Gasteiger partial charge in [-0.15, -0.1) is 0 Å². The van der Waals surface area contributed by atoms with E-state index in [1.807, 2.05) is 6.07 Å². The van der Waals surface area contributed by atoms with Gasteiger partial charge in [-0.25, -0.2) is 0 Å². The number of rotatable bonds is 15. The lowest BCUT2D eigenvalue weighted by molar-refractivity contribution is 0.112. The van der Waals surface area contributed by atoms with Gasteiger partial charge in [0.25, 0.3) is 0 Å². The molecule has 0 aliphatic heterocycles. The Morgan fingerprint density at radius 2 is 1.19 bits per heavy atom. The minimum Gasteiger partial charge on any atom is -0.371 e. The molecule has 1 rings (SSSR count). The molecular formula is C23H40N2O. The summed E-state index contributed by atoms with van der Waals surface area (Å²) in [7, 11) is 0. The molecule has 1 aromatic carbocycles. The zero-order valence-electron chi connectivity index (χ0n) is 17.6. The molecule has 0 aliphatic rings. The van der Waals surface area contributed by atoms with E-state index in [0.29, 0.717) is 0 Å². The van der Waals surface area contributed by atoms with Crippen LogP contribution in [0.3, 0.4) is 0 Å². The Labute approximate surface area is 161 Å². The van der Waals surface area contributed by atoms with Crippen molar-refractivity contribution in [2.24, 2.45) is 0 Å². The molecule has 0 saturated carbocycles. The van der Waals surface area contributed by atoms with Gasteiger partial charge in [0.1, 0.15) is 0 Å². The Kier molecular flexibility index (Phi) is 11.8. The van der Waals surface area contributed by atoms with Gasteiger partial charge in [-0.3, -0.25) is 4.79 Å². The van der Waals surface area contributed by atoms with Crippen molar-refractivity contribution < 1.29 is 4.79 Å². The summed E-state index contributed by atoms with van der Waals surface area (Å²) in [4.78, 5) is 16.6. The van der Waals surface area contributed by atoms with Crippen molar-refractivity contribution in [1.29, 1.82) is 0 Å². The van der Waals surface area contributed by atoms with Crippen LogP contribution in [0, 0.1) is 0 Å². The lowest BCUT2D eigenvalue weighted by atomic mass is 10.1. The average Bonchev–Trinajstić information content (AvgIpc) is 2.68. The van der Waals surface area contributed by atoms with E-state index >= 15 is 0 Å². The van der Waals surface area contributed by atoms with Crippen LogP contribution in [0.4, 0.5) is 11.4 Å². The van der Waals surface area contributed by atoms with E-state index in [0.717, 1.165) is 43.7 Å². The van der Waals surface area contributed by atoms with Gasteiger partial charge in [0.15, 0.2) is 6.29 Å². The number of nitrogens with zero attached hydrogens (tertiary/aromatic N) is 2. The lowest BCUT2D eigenvalue weighted by Crippen LogP contribution is -2.29. The van der Waals surface area contributed by atoms with Crippen molar-refractivity contribution in [3.8, 4) is 0 Å². The highest BCUT2D eigenvalue weighted by molar-refractivity contribution is 5.86. The quantitative estimate of drug-likeness (QED) is 0.342. The topological polar surface area (TPSA) is 23.6 Å². The van der Waals surface area contributed by atoms with Gasteiger partial charge >= 0.3 is 0 Å². The highest BCUT2D eigenvalue weighted by atomic mass is 16.1. The van der Waals surface area contributed by atoms with Crippen molar-refractivity contribution in [2.45, 2.75) is 79.1 Å². The van der Waals surface area contributed by atoms with Crippen LogP contribution < -0.4 is 9.80 Å². The summed E-state index contributed by atoms with van der Waals surface area (Å²) >= 11 is 0. The molecule has 0 radical (unpaired) electrons. The fourth-order valence-electron chi connectivity index (χ4n) is 3.22. The van der Waals surface area contributed by atoms with Crippen molar-refractivity contribution in [3.63, 3.8) is 0 Å². The molecule has 3 heteroatoms. The summed E-state index contributed by atoms with van der Waals surface area (Å²) in [6.07, 6.45) is 10.6. The molecule has 0 saturated heterocycles. The second-order valence-corrected chi connectivity index (χ2v) is 7.25. The lowest BCUT2D eigenvalue weighted by Gasteiger charge is -2.30. The van der Waals surface area contributed by atoms with Gasteiger partial charge in [0.05, 0.1) is 0 Å². The first-order valence-corrected chi connectivity index (χ1v) is 10.8. The number of hydrogen-bond acceptors (Lipinski definition) is 3. The first kappa shape index (κ1) is 22.5. The van der Waals surface area contributed by atoms with Gasteiger partial charge in [-0.05, 0) is 43.9 Å². The van der Waals surface area contributed by atoms with Crippen LogP contribution in [0.25, 0.3) is 0 Å². The van der Waals surface area contributed by atoms with Gasteiger partial charge < -0.3 is 9.80 Å². The number of unbranched alkanes of at least 4 members (excludes halogenated alkanes) is 4. The summed E-state index contributed by atoms with van der Waals surface area (Å²) in [5.74, 6) is 0. The van der Waals surface area contributed by atoms with Gasteiger partial charge in [-0.1, -0.05) is 53.4 Å². The molecule has 3 nitrogen and oxygen atoms in total. The van der Waals surface area contributed by atoms with Crippen LogP contribution in [0.5, 0.6) is 0 Å². The Balaban J connectivity index is 3.13. The van der Waals surface area contributed by atoms with Crippen LogP contribution in [-0.2, 0) is 0 Å². The third-order valence-corrected chi connectivity index (χ3v) is 4.97. The van der Waals surface area contributed by atoms with Crippen molar-refractivity contribution in [2.75, 3.05) is 36.0 Å². The molecular weight excluding hydrogens is 320 g/mol. The largest absolute Gasteiger partial charge is 0.371 e. The van der Waals surface area contributed by atoms with E-state index in [2.05, 4.69) is 49.6 Å². The van der Waals surface area contributed by atoms with E-state index in [9.17, 15) is 4.79 Å². The Hall–Kier alpha value is -1.51. The van der Waals surface area contributed by atoms with E-state index in [1.165, 1.54) is 57.1 Å². The monoisotopic (exact) mass is 360 g/mol. The Morgan fingerprint density at radius 3 is 1.62 bits per heavy atom. The smallest absolute Gasteiger partial charge is 0.152 e. The Morgan fingerprint density at radius 1 is 0.731 bits per heavy atom. The number of benzene rings is 1. The standard InChI is InChI=1S/C23H40N2O/c1-5-9-15-24(16-10-6-2)22-14-13-21(20-26)23(19-22)25(17-11-7-3)18-12-8-4/h13-14,19-20H,5-12,15-18H2,1-4H3.